The summed E-state index contributed by atoms with van der Waals surface area (Å²) in [4.78, 5) is 27.1. The van der Waals surface area contributed by atoms with Gasteiger partial charge in [-0.25, -0.2) is 9.79 Å². The number of benzene rings is 3. The molecule has 0 spiro atoms. The number of amides is 1. The predicted molar refractivity (Wildman–Crippen MR) is 165 cm³/mol. The topological polar surface area (TPSA) is 89.9 Å². The summed E-state index contributed by atoms with van der Waals surface area (Å²) in [5.74, 6) is 1.32. The van der Waals surface area contributed by atoms with Gasteiger partial charge in [-0.1, -0.05) is 48.5 Å². The average Bonchev–Trinajstić information content (AvgIpc) is 3.67. The molecule has 0 atom stereocenters. The maximum Gasteiger partial charge on any atom is 0.436 e. The number of aliphatic imine (C=N–C) groups is 1. The Morgan fingerprint density at radius 2 is 1.74 bits per heavy atom. The van der Waals surface area contributed by atoms with Crippen LogP contribution in [-0.2, 0) is 11.3 Å². The summed E-state index contributed by atoms with van der Waals surface area (Å²) in [6.45, 7) is 4.52. The number of fused-ring (bicyclic) bond motifs is 1. The number of hydrogen-bond acceptors (Lipinski definition) is 5. The van der Waals surface area contributed by atoms with Gasteiger partial charge in [0, 0.05) is 28.5 Å². The minimum atomic E-state index is -0.640. The van der Waals surface area contributed by atoms with Gasteiger partial charge in [-0.15, -0.1) is 0 Å². The van der Waals surface area contributed by atoms with Crippen LogP contribution >= 0.6 is 0 Å². The third kappa shape index (κ3) is 5.69. The minimum Gasteiger partial charge on any atom is -0.494 e. The average molecular weight is 559 g/mol. The van der Waals surface area contributed by atoms with E-state index in [1.807, 2.05) is 86.7 Å². The van der Waals surface area contributed by atoms with Crippen molar-refractivity contribution in [3.8, 4) is 5.75 Å². The standard InChI is InChI=1S/C34H30N4O4/c1-22-17-23(2)35-28(22)19-30-33(40-3)20-29(37-30)32-18-25-11-7-8-12-31(25)38(32)42-34(39)36-26-13-15-27(16-14-26)41-21-24-9-5-4-6-10-24/h4-20,35H,21H2,1-3H3,(H,36,39). The highest BCUT2D eigenvalue weighted by atomic mass is 16.7. The number of hydrogen-bond donors (Lipinski definition) is 2. The normalized spacial score (nSPS) is 13.6. The van der Waals surface area contributed by atoms with Crippen LogP contribution in [0.3, 0.4) is 0 Å². The van der Waals surface area contributed by atoms with Gasteiger partial charge < -0.3 is 19.3 Å². The maximum absolute atomic E-state index is 13.1. The van der Waals surface area contributed by atoms with Crippen molar-refractivity contribution < 1.29 is 19.1 Å². The number of anilines is 1. The number of ether oxygens (including phenoxy) is 2. The lowest BCUT2D eigenvalue weighted by atomic mass is 10.2. The summed E-state index contributed by atoms with van der Waals surface area (Å²) in [7, 11) is 1.61. The molecule has 3 aromatic carbocycles. The van der Waals surface area contributed by atoms with E-state index in [-0.39, 0.29) is 0 Å². The highest BCUT2D eigenvalue weighted by Crippen LogP contribution is 2.28. The first kappa shape index (κ1) is 26.7. The van der Waals surface area contributed by atoms with Crippen LogP contribution in [0.15, 0.2) is 114 Å². The number of carbonyl (C=O) groups is 1. The van der Waals surface area contributed by atoms with Gasteiger partial charge in [-0.2, -0.15) is 4.73 Å². The Labute approximate surface area is 243 Å². The molecule has 6 rings (SSSR count). The minimum absolute atomic E-state index is 0.462. The van der Waals surface area contributed by atoms with Crippen molar-refractivity contribution in [3.63, 3.8) is 0 Å². The second-order valence-corrected chi connectivity index (χ2v) is 9.97. The van der Waals surface area contributed by atoms with Gasteiger partial charge in [0.1, 0.15) is 29.5 Å². The lowest BCUT2D eigenvalue weighted by molar-refractivity contribution is 0.153. The molecule has 0 fully saturated rings. The van der Waals surface area contributed by atoms with E-state index in [1.165, 1.54) is 4.73 Å². The van der Waals surface area contributed by atoms with Crippen LogP contribution in [0.1, 0.15) is 28.2 Å². The number of allylic oxidation sites excluding steroid dienone is 1. The summed E-state index contributed by atoms with van der Waals surface area (Å²) >= 11 is 0. The first-order chi connectivity index (χ1) is 20.5. The molecular formula is C34H30N4O4. The van der Waals surface area contributed by atoms with Crippen molar-refractivity contribution in [2.45, 2.75) is 20.5 Å². The van der Waals surface area contributed by atoms with E-state index in [2.05, 4.69) is 16.4 Å². The largest absolute Gasteiger partial charge is 0.494 e. The Morgan fingerprint density at radius 1 is 0.976 bits per heavy atom. The molecule has 1 aliphatic heterocycles. The Bertz CT molecular complexity index is 1840. The van der Waals surface area contributed by atoms with E-state index < -0.39 is 6.09 Å². The smallest absolute Gasteiger partial charge is 0.436 e. The molecule has 1 amide bonds. The van der Waals surface area contributed by atoms with E-state index in [4.69, 9.17) is 19.3 Å². The fourth-order valence-corrected chi connectivity index (χ4v) is 4.86. The third-order valence-electron chi connectivity index (χ3n) is 6.90. The van der Waals surface area contributed by atoms with Gasteiger partial charge in [0.05, 0.1) is 18.3 Å². The molecule has 0 unspecified atom stereocenters. The summed E-state index contributed by atoms with van der Waals surface area (Å²) in [6, 6.07) is 28.8. The fourth-order valence-electron chi connectivity index (χ4n) is 4.86. The van der Waals surface area contributed by atoms with Crippen LogP contribution in [0, 0.1) is 13.8 Å². The Hall–Kier alpha value is -5.50. The summed E-state index contributed by atoms with van der Waals surface area (Å²) in [6.07, 6.45) is 3.16. The molecule has 0 radical (unpaired) electrons. The van der Waals surface area contributed by atoms with Gasteiger partial charge in [0.15, 0.2) is 0 Å². The number of carbonyl (C=O) groups excluding carboxylic acids is 1. The van der Waals surface area contributed by atoms with Crippen LogP contribution in [0.4, 0.5) is 10.5 Å². The zero-order chi connectivity index (χ0) is 29.1. The van der Waals surface area contributed by atoms with Crippen molar-refractivity contribution >= 4 is 34.5 Å². The monoisotopic (exact) mass is 558 g/mol. The zero-order valence-corrected chi connectivity index (χ0v) is 23.5. The summed E-state index contributed by atoms with van der Waals surface area (Å²) in [5, 5.41) is 3.71. The molecule has 1 aliphatic rings. The molecule has 0 saturated carbocycles. The van der Waals surface area contributed by atoms with E-state index in [0.29, 0.717) is 40.9 Å². The van der Waals surface area contributed by atoms with Gasteiger partial charge in [-0.05, 0) is 73.5 Å². The molecule has 8 heteroatoms. The summed E-state index contributed by atoms with van der Waals surface area (Å²) < 4.78 is 13.0. The second kappa shape index (κ2) is 11.5. The van der Waals surface area contributed by atoms with Crippen molar-refractivity contribution in [3.05, 3.63) is 137 Å². The number of H-pyrrole nitrogens is 1. The van der Waals surface area contributed by atoms with E-state index in [0.717, 1.165) is 33.4 Å². The number of aromatic amines is 1. The number of para-hydroxylation sites is 1. The van der Waals surface area contributed by atoms with Crippen molar-refractivity contribution in [1.29, 1.82) is 0 Å². The highest BCUT2D eigenvalue weighted by molar-refractivity contribution is 6.13. The number of nitrogens with one attached hydrogen (secondary N) is 2. The fraction of sp³-hybridized carbons (Fsp3) is 0.118. The van der Waals surface area contributed by atoms with Gasteiger partial charge in [0.25, 0.3) is 0 Å². The van der Waals surface area contributed by atoms with Crippen LogP contribution in [0.5, 0.6) is 5.75 Å². The number of rotatable bonds is 8. The van der Waals surface area contributed by atoms with Gasteiger partial charge in [-0.3, -0.25) is 5.32 Å². The zero-order valence-electron chi connectivity index (χ0n) is 23.5. The molecule has 0 aliphatic carbocycles. The number of methoxy groups -OCH3 is 1. The van der Waals surface area contributed by atoms with Crippen molar-refractivity contribution in [1.82, 2.24) is 9.71 Å². The Balaban J connectivity index is 1.22. The highest BCUT2D eigenvalue weighted by Gasteiger charge is 2.23. The lowest BCUT2D eigenvalue weighted by Gasteiger charge is -2.12. The van der Waals surface area contributed by atoms with Crippen LogP contribution in [0.2, 0.25) is 0 Å². The molecule has 8 nitrogen and oxygen atoms in total. The van der Waals surface area contributed by atoms with Crippen LogP contribution < -0.4 is 14.9 Å². The van der Waals surface area contributed by atoms with Crippen molar-refractivity contribution in [2.24, 2.45) is 4.99 Å². The maximum atomic E-state index is 13.1. The molecule has 42 heavy (non-hydrogen) atoms. The molecule has 0 saturated heterocycles. The number of aryl methyl sites for hydroxylation is 2. The molecule has 2 N–H and O–H groups in total. The van der Waals surface area contributed by atoms with E-state index in [9.17, 15) is 4.79 Å². The van der Waals surface area contributed by atoms with Crippen LogP contribution in [-0.4, -0.2) is 28.6 Å². The Morgan fingerprint density at radius 3 is 2.48 bits per heavy atom. The van der Waals surface area contributed by atoms with Gasteiger partial charge in [0.2, 0.25) is 0 Å². The molecular weight excluding hydrogens is 528 g/mol. The molecule has 3 heterocycles. The van der Waals surface area contributed by atoms with E-state index in [1.54, 1.807) is 31.4 Å². The predicted octanol–water partition coefficient (Wildman–Crippen LogP) is 7.20. The molecule has 2 aromatic heterocycles. The first-order valence-electron chi connectivity index (χ1n) is 13.6. The molecule has 210 valence electrons. The third-order valence-corrected chi connectivity index (χ3v) is 6.90. The van der Waals surface area contributed by atoms with E-state index >= 15 is 0 Å². The molecule has 0 bridgehead atoms. The van der Waals surface area contributed by atoms with Crippen molar-refractivity contribution in [2.75, 3.05) is 12.4 Å². The first-order valence-corrected chi connectivity index (χ1v) is 13.6. The second-order valence-electron chi connectivity index (χ2n) is 9.97. The number of nitrogens with zero attached hydrogens (tertiary/aromatic N) is 2. The SMILES string of the molecule is COC1=CC(c2cc3ccccc3n2OC(=O)Nc2ccc(OCc3ccccc3)cc2)=NC1=Cc1[nH]c(C)cc1C. The van der Waals surface area contributed by atoms with Crippen LogP contribution in [0.25, 0.3) is 17.0 Å². The van der Waals surface area contributed by atoms with Gasteiger partial charge >= 0.3 is 6.09 Å². The Kier molecular flexibility index (Phi) is 7.34. The number of aromatic nitrogens is 2. The quantitative estimate of drug-likeness (QED) is 0.211. The molecule has 5 aromatic rings. The lowest BCUT2D eigenvalue weighted by Crippen LogP contribution is -2.27. The summed E-state index contributed by atoms with van der Waals surface area (Å²) in [5.41, 5.74) is 7.44.